The molecule has 0 saturated carbocycles. The van der Waals surface area contributed by atoms with Crippen LogP contribution in [-0.4, -0.2) is 100.0 Å². The third-order valence-electron chi connectivity index (χ3n) is 9.72. The zero-order valence-electron chi connectivity index (χ0n) is 27.7. The third-order valence-corrected chi connectivity index (χ3v) is 10.0. The predicted octanol–water partition coefficient (Wildman–Crippen LogP) is 7.28. The molecule has 0 aliphatic carbocycles. The minimum absolute atomic E-state index is 0.0385. The van der Waals surface area contributed by atoms with E-state index in [-0.39, 0.29) is 48.0 Å². The highest BCUT2D eigenvalue weighted by Gasteiger charge is 2.53. The van der Waals surface area contributed by atoms with Crippen molar-refractivity contribution < 1.29 is 31.8 Å². The van der Waals surface area contributed by atoms with Crippen molar-refractivity contribution in [3.05, 3.63) is 53.4 Å². The van der Waals surface area contributed by atoms with Gasteiger partial charge in [0.15, 0.2) is 5.82 Å². The van der Waals surface area contributed by atoms with Crippen LogP contribution in [0.25, 0.3) is 32.9 Å². The number of likely N-dealkylation sites (tertiary alicyclic amines) is 1. The van der Waals surface area contributed by atoms with Crippen molar-refractivity contribution in [3.63, 3.8) is 0 Å². The first-order valence-corrected chi connectivity index (χ1v) is 16.7. The molecule has 7 rings (SSSR count). The SMILES string of the molecule is CN(c1nc(OC[C@@]23CCCN2C[C@H](F)C3)nc2c(F)c(-c3cccc4cccc(Cl)c34)ncc12)[C@@H]1CN(C(=O)OC(C)(C)C)CC1(F)F. The van der Waals surface area contributed by atoms with Crippen LogP contribution in [0.15, 0.2) is 42.6 Å². The Hall–Kier alpha value is -3.97. The normalized spacial score (nSPS) is 23.7. The predicted molar refractivity (Wildman–Crippen MR) is 179 cm³/mol. The third kappa shape index (κ3) is 6.09. The monoisotopic (exact) mass is 700 g/mol. The zero-order valence-corrected chi connectivity index (χ0v) is 28.4. The highest BCUT2D eigenvalue weighted by atomic mass is 35.5. The molecule has 3 atom stereocenters. The number of fused-ring (bicyclic) bond motifs is 3. The van der Waals surface area contributed by atoms with E-state index in [1.165, 1.54) is 18.1 Å². The number of hydrogen-bond donors (Lipinski definition) is 0. The highest BCUT2D eigenvalue weighted by Crippen LogP contribution is 2.42. The zero-order chi connectivity index (χ0) is 34.9. The van der Waals surface area contributed by atoms with Gasteiger partial charge in [-0.1, -0.05) is 41.9 Å². The van der Waals surface area contributed by atoms with Crippen molar-refractivity contribution in [2.75, 3.05) is 44.7 Å². The molecule has 3 aliphatic heterocycles. The largest absolute Gasteiger partial charge is 0.461 e. The molecule has 5 heterocycles. The standard InChI is InChI=1S/C35H37ClF4N6O3/c1-33(2,3)49-32(47)45-17-25(35(39,40)18-45)44(4)30-23-15-41-28(22-10-5-8-20-9-6-11-24(36)26(20)22)27(38)29(23)42-31(43-30)48-19-34-12-7-13-46(34)16-21(37)14-34/h5-6,8-11,15,21,25H,7,12-14,16-19H2,1-4H3/t21-,25-,34+/m1/s1. The van der Waals surface area contributed by atoms with Crippen LogP contribution >= 0.6 is 11.6 Å². The van der Waals surface area contributed by atoms with Crippen molar-refractivity contribution in [2.45, 2.75) is 69.3 Å². The Kier molecular flexibility index (Phi) is 8.29. The Labute approximate surface area is 286 Å². The summed E-state index contributed by atoms with van der Waals surface area (Å²) < 4.78 is 74.1. The van der Waals surface area contributed by atoms with E-state index in [1.54, 1.807) is 45.0 Å². The fourth-order valence-electron chi connectivity index (χ4n) is 7.47. The molecule has 260 valence electrons. The summed E-state index contributed by atoms with van der Waals surface area (Å²) in [6, 6.07) is 8.87. The summed E-state index contributed by atoms with van der Waals surface area (Å²) in [5, 5.41) is 1.84. The van der Waals surface area contributed by atoms with Crippen LogP contribution in [0.1, 0.15) is 40.0 Å². The van der Waals surface area contributed by atoms with Crippen LogP contribution in [0.4, 0.5) is 28.2 Å². The number of halogens is 5. The first kappa shape index (κ1) is 33.5. The second kappa shape index (κ2) is 12.1. The topological polar surface area (TPSA) is 83.9 Å². The first-order chi connectivity index (χ1) is 23.2. The lowest BCUT2D eigenvalue weighted by Crippen LogP contribution is -2.46. The lowest BCUT2D eigenvalue weighted by Gasteiger charge is -2.32. The van der Waals surface area contributed by atoms with E-state index in [2.05, 4.69) is 19.9 Å². The molecule has 0 spiro atoms. The Morgan fingerprint density at radius 1 is 1.14 bits per heavy atom. The molecule has 14 heteroatoms. The number of likely N-dealkylation sites (N-methyl/N-ethyl adjacent to an activating group) is 1. The van der Waals surface area contributed by atoms with E-state index < -0.39 is 47.7 Å². The molecule has 3 fully saturated rings. The van der Waals surface area contributed by atoms with Gasteiger partial charge < -0.3 is 14.4 Å². The molecule has 4 aromatic rings. The number of alkyl halides is 3. The van der Waals surface area contributed by atoms with Gasteiger partial charge >= 0.3 is 12.1 Å². The maximum Gasteiger partial charge on any atom is 0.410 e. The molecule has 0 unspecified atom stereocenters. The second-order valence-corrected chi connectivity index (χ2v) is 14.7. The summed E-state index contributed by atoms with van der Waals surface area (Å²) in [5.74, 6) is -4.25. The number of nitrogens with zero attached hydrogens (tertiary/aromatic N) is 6. The van der Waals surface area contributed by atoms with Gasteiger partial charge in [-0.25, -0.2) is 22.4 Å². The number of pyridine rings is 1. The van der Waals surface area contributed by atoms with Crippen molar-refractivity contribution in [2.24, 2.45) is 0 Å². The van der Waals surface area contributed by atoms with Crippen LogP contribution in [0.2, 0.25) is 5.02 Å². The van der Waals surface area contributed by atoms with Crippen molar-refractivity contribution in [3.8, 4) is 17.3 Å². The summed E-state index contributed by atoms with van der Waals surface area (Å²) in [5.41, 5.74) is -1.24. The lowest BCUT2D eigenvalue weighted by atomic mass is 9.95. The molecule has 9 nitrogen and oxygen atoms in total. The fraction of sp³-hybridized carbons (Fsp3) is 0.486. The van der Waals surface area contributed by atoms with Crippen LogP contribution in [0.3, 0.4) is 0 Å². The maximum absolute atomic E-state index is 16.8. The van der Waals surface area contributed by atoms with Crippen molar-refractivity contribution in [1.82, 2.24) is 24.8 Å². The number of rotatable bonds is 6. The molecule has 1 amide bonds. The number of carbonyl (C=O) groups excluding carboxylic acids is 1. The number of anilines is 1. The number of amides is 1. The van der Waals surface area contributed by atoms with E-state index in [4.69, 9.17) is 21.1 Å². The average Bonchev–Trinajstić information content (AvgIpc) is 3.67. The Bertz CT molecular complexity index is 1940. The van der Waals surface area contributed by atoms with Gasteiger partial charge in [0.2, 0.25) is 0 Å². The van der Waals surface area contributed by atoms with Gasteiger partial charge in [-0.3, -0.25) is 14.8 Å². The van der Waals surface area contributed by atoms with Crippen LogP contribution < -0.4 is 9.64 Å². The van der Waals surface area contributed by atoms with E-state index in [0.29, 0.717) is 28.9 Å². The van der Waals surface area contributed by atoms with Crippen LogP contribution in [-0.2, 0) is 4.74 Å². The quantitative estimate of drug-likeness (QED) is 0.194. The molecule has 0 bridgehead atoms. The highest BCUT2D eigenvalue weighted by molar-refractivity contribution is 6.36. The first-order valence-electron chi connectivity index (χ1n) is 16.3. The van der Waals surface area contributed by atoms with Crippen molar-refractivity contribution >= 4 is 45.2 Å². The molecular weight excluding hydrogens is 664 g/mol. The molecule has 3 saturated heterocycles. The summed E-state index contributed by atoms with van der Waals surface area (Å²) in [4.78, 5) is 30.4. The Balaban J connectivity index is 1.32. The van der Waals surface area contributed by atoms with Gasteiger partial charge in [-0.05, 0) is 51.6 Å². The van der Waals surface area contributed by atoms with Gasteiger partial charge in [-0.2, -0.15) is 9.97 Å². The Morgan fingerprint density at radius 2 is 1.90 bits per heavy atom. The summed E-state index contributed by atoms with van der Waals surface area (Å²) in [7, 11) is 1.40. The average molecular weight is 701 g/mol. The summed E-state index contributed by atoms with van der Waals surface area (Å²) in [6.45, 7) is 4.81. The molecule has 2 aromatic carbocycles. The van der Waals surface area contributed by atoms with Gasteiger partial charge in [0.05, 0.1) is 24.0 Å². The van der Waals surface area contributed by atoms with E-state index in [1.807, 2.05) is 12.1 Å². The smallest absolute Gasteiger partial charge is 0.410 e. The number of carbonyl (C=O) groups is 1. The van der Waals surface area contributed by atoms with Gasteiger partial charge in [-0.15, -0.1) is 0 Å². The van der Waals surface area contributed by atoms with E-state index in [9.17, 15) is 9.18 Å². The lowest BCUT2D eigenvalue weighted by molar-refractivity contribution is -0.0102. The fourth-order valence-corrected chi connectivity index (χ4v) is 7.75. The molecule has 0 radical (unpaired) electrons. The van der Waals surface area contributed by atoms with Gasteiger partial charge in [0.1, 0.15) is 41.4 Å². The molecule has 0 N–H and O–H groups in total. The number of benzene rings is 2. The molecule has 49 heavy (non-hydrogen) atoms. The minimum atomic E-state index is -3.38. The van der Waals surface area contributed by atoms with E-state index >= 15 is 13.2 Å². The molecular formula is C35H37ClF4N6O3. The van der Waals surface area contributed by atoms with Crippen LogP contribution in [0, 0.1) is 5.82 Å². The molecule has 2 aromatic heterocycles. The summed E-state index contributed by atoms with van der Waals surface area (Å²) >= 11 is 6.56. The number of hydrogen-bond acceptors (Lipinski definition) is 8. The van der Waals surface area contributed by atoms with Gasteiger partial charge in [0.25, 0.3) is 5.92 Å². The van der Waals surface area contributed by atoms with Crippen LogP contribution in [0.5, 0.6) is 6.01 Å². The van der Waals surface area contributed by atoms with Crippen molar-refractivity contribution in [1.29, 1.82) is 0 Å². The Morgan fingerprint density at radius 3 is 2.65 bits per heavy atom. The van der Waals surface area contributed by atoms with Gasteiger partial charge in [0, 0.05) is 42.2 Å². The maximum atomic E-state index is 16.8. The second-order valence-electron chi connectivity index (χ2n) is 14.3. The number of aromatic nitrogens is 3. The molecule has 3 aliphatic rings. The van der Waals surface area contributed by atoms with E-state index in [0.717, 1.165) is 23.3 Å². The summed E-state index contributed by atoms with van der Waals surface area (Å²) in [6.07, 6.45) is 1.36. The minimum Gasteiger partial charge on any atom is -0.461 e. The number of ether oxygens (including phenoxy) is 2.